The highest BCUT2D eigenvalue weighted by Crippen LogP contribution is 2.31. The predicted octanol–water partition coefficient (Wildman–Crippen LogP) is 6.02. The summed E-state index contributed by atoms with van der Waals surface area (Å²) in [5.41, 5.74) is 0.805. The van der Waals surface area contributed by atoms with Gasteiger partial charge in [0.05, 0.1) is 17.5 Å². The van der Waals surface area contributed by atoms with Crippen LogP contribution >= 0.6 is 0 Å². The van der Waals surface area contributed by atoms with Crippen molar-refractivity contribution in [1.82, 2.24) is 4.90 Å². The average molecular weight is 489 g/mol. The summed E-state index contributed by atoms with van der Waals surface area (Å²) >= 11 is 0. The van der Waals surface area contributed by atoms with Gasteiger partial charge in [0.25, 0.3) is 0 Å². The van der Waals surface area contributed by atoms with Crippen LogP contribution in [0.2, 0.25) is 0 Å². The van der Waals surface area contributed by atoms with E-state index in [4.69, 9.17) is 4.74 Å². The minimum Gasteiger partial charge on any atom is -0.466 e. The number of nitrogens with zero attached hydrogens (tertiary/aromatic N) is 1. The molecule has 1 aliphatic heterocycles. The molecular formula is C30H34NO3S+. The second-order valence-corrected chi connectivity index (χ2v) is 10.9. The third-order valence-corrected chi connectivity index (χ3v) is 8.68. The second-order valence-electron chi connectivity index (χ2n) is 8.85. The first-order valence-corrected chi connectivity index (χ1v) is 13.7. The molecule has 4 nitrogen and oxygen atoms in total. The Labute approximate surface area is 211 Å². The maximum atomic E-state index is 13.2. The highest BCUT2D eigenvalue weighted by molar-refractivity contribution is 7.97. The van der Waals surface area contributed by atoms with Gasteiger partial charge in [-0.1, -0.05) is 36.4 Å². The lowest BCUT2D eigenvalue weighted by Crippen LogP contribution is -2.37. The average Bonchev–Trinajstić information content (AvgIpc) is 2.91. The van der Waals surface area contributed by atoms with Gasteiger partial charge in [-0.25, -0.2) is 0 Å². The first-order valence-electron chi connectivity index (χ1n) is 12.5. The first-order chi connectivity index (χ1) is 17.2. The molecule has 1 saturated heterocycles. The van der Waals surface area contributed by atoms with E-state index >= 15 is 0 Å². The van der Waals surface area contributed by atoms with Crippen molar-refractivity contribution in [2.24, 2.45) is 5.92 Å². The quantitative estimate of drug-likeness (QED) is 0.199. The molecule has 3 aromatic carbocycles. The smallest absolute Gasteiger partial charge is 0.305 e. The molecule has 0 unspecified atom stereocenters. The van der Waals surface area contributed by atoms with Gasteiger partial charge < -0.3 is 9.64 Å². The maximum Gasteiger partial charge on any atom is 0.305 e. The summed E-state index contributed by atoms with van der Waals surface area (Å²) in [6, 6.07) is 29.4. The highest BCUT2D eigenvalue weighted by Gasteiger charge is 2.30. The molecule has 35 heavy (non-hydrogen) atoms. The van der Waals surface area contributed by atoms with E-state index in [0.717, 1.165) is 44.5 Å². The fourth-order valence-corrected chi connectivity index (χ4v) is 6.69. The third-order valence-electron chi connectivity index (χ3n) is 6.45. The van der Waals surface area contributed by atoms with E-state index < -0.39 is 0 Å². The molecule has 0 radical (unpaired) electrons. The van der Waals surface area contributed by atoms with Crippen LogP contribution in [0, 0.1) is 5.92 Å². The Hall–Kier alpha value is -2.89. The van der Waals surface area contributed by atoms with Crippen LogP contribution in [0.15, 0.2) is 99.6 Å². The molecular weight excluding hydrogens is 454 g/mol. The predicted molar refractivity (Wildman–Crippen MR) is 141 cm³/mol. The molecule has 5 heteroatoms. The Morgan fingerprint density at radius 3 is 1.91 bits per heavy atom. The SMILES string of the molecule is CCOC(=O)CCCN1CCC(C(=O)c2ccc([S+](c3ccccc3)c3ccccc3)cc2)CC1. The fourth-order valence-electron chi connectivity index (χ4n) is 4.61. The van der Waals surface area contributed by atoms with Crippen LogP contribution in [0.1, 0.15) is 43.0 Å². The number of hydrogen-bond donors (Lipinski definition) is 0. The van der Waals surface area contributed by atoms with Crippen LogP contribution in [0.5, 0.6) is 0 Å². The second kappa shape index (κ2) is 12.7. The third kappa shape index (κ3) is 6.83. The van der Waals surface area contributed by atoms with Gasteiger partial charge in [-0.2, -0.15) is 0 Å². The number of likely N-dealkylation sites (tertiary alicyclic amines) is 1. The molecule has 0 amide bonds. The van der Waals surface area contributed by atoms with Gasteiger partial charge in [0.15, 0.2) is 20.5 Å². The van der Waals surface area contributed by atoms with Gasteiger partial charge in [0, 0.05) is 17.9 Å². The number of hydrogen-bond acceptors (Lipinski definition) is 4. The van der Waals surface area contributed by atoms with Crippen molar-refractivity contribution in [3.8, 4) is 0 Å². The van der Waals surface area contributed by atoms with Crippen molar-refractivity contribution in [2.75, 3.05) is 26.2 Å². The van der Waals surface area contributed by atoms with E-state index in [2.05, 4.69) is 65.6 Å². The Balaban J connectivity index is 1.37. The standard InChI is InChI=1S/C30H34NO3S/c1-2-34-29(32)14-9-21-31-22-19-25(20-23-31)30(33)24-15-17-28(18-16-24)35(26-10-5-3-6-11-26)27-12-7-4-8-13-27/h3-8,10-13,15-18,25H,2,9,14,19-23H2,1H3/q+1. The van der Waals surface area contributed by atoms with Gasteiger partial charge in [-0.3, -0.25) is 9.59 Å². The lowest BCUT2D eigenvalue weighted by Gasteiger charge is -2.31. The minimum atomic E-state index is -0.205. The van der Waals surface area contributed by atoms with E-state index in [9.17, 15) is 9.59 Å². The van der Waals surface area contributed by atoms with Crippen molar-refractivity contribution < 1.29 is 14.3 Å². The molecule has 1 fully saturated rings. The molecule has 0 N–H and O–H groups in total. The molecule has 3 aromatic rings. The molecule has 0 spiro atoms. The number of carbonyl (C=O) groups is 2. The molecule has 1 aliphatic rings. The summed E-state index contributed by atoms with van der Waals surface area (Å²) in [6.45, 7) is 4.97. The van der Waals surface area contributed by atoms with Crippen LogP contribution in [-0.2, 0) is 20.4 Å². The summed E-state index contributed by atoms with van der Waals surface area (Å²) in [6.07, 6.45) is 3.02. The summed E-state index contributed by atoms with van der Waals surface area (Å²) in [5.74, 6) is 0.203. The van der Waals surface area contributed by atoms with E-state index in [0.29, 0.717) is 13.0 Å². The Morgan fingerprint density at radius 2 is 1.37 bits per heavy atom. The summed E-state index contributed by atoms with van der Waals surface area (Å²) in [5, 5.41) is 0. The zero-order valence-corrected chi connectivity index (χ0v) is 21.2. The van der Waals surface area contributed by atoms with Crippen LogP contribution < -0.4 is 0 Å². The number of ether oxygens (including phenoxy) is 1. The number of rotatable bonds is 10. The van der Waals surface area contributed by atoms with E-state index in [1.165, 1.54) is 14.7 Å². The minimum absolute atomic E-state index is 0.0728. The largest absolute Gasteiger partial charge is 0.466 e. The van der Waals surface area contributed by atoms with Crippen LogP contribution in [0.3, 0.4) is 0 Å². The van der Waals surface area contributed by atoms with Crippen molar-refractivity contribution in [3.63, 3.8) is 0 Å². The van der Waals surface area contributed by atoms with E-state index in [-0.39, 0.29) is 28.6 Å². The summed E-state index contributed by atoms with van der Waals surface area (Å²) < 4.78 is 5.00. The van der Waals surface area contributed by atoms with Crippen LogP contribution in [-0.4, -0.2) is 42.9 Å². The lowest BCUT2D eigenvalue weighted by molar-refractivity contribution is -0.143. The molecule has 4 rings (SSSR count). The van der Waals surface area contributed by atoms with Crippen LogP contribution in [0.25, 0.3) is 0 Å². The normalized spacial score (nSPS) is 14.7. The highest BCUT2D eigenvalue weighted by atomic mass is 32.2. The Kier molecular flexibility index (Phi) is 9.15. The fraction of sp³-hybridized carbons (Fsp3) is 0.333. The molecule has 1 heterocycles. The monoisotopic (exact) mass is 488 g/mol. The number of carbonyl (C=O) groups excluding carboxylic acids is 2. The van der Waals surface area contributed by atoms with E-state index in [1.807, 2.05) is 31.2 Å². The number of ketones is 1. The van der Waals surface area contributed by atoms with E-state index in [1.54, 1.807) is 0 Å². The number of piperidine rings is 1. The van der Waals surface area contributed by atoms with Crippen LogP contribution in [0.4, 0.5) is 0 Å². The molecule has 182 valence electrons. The van der Waals surface area contributed by atoms with Gasteiger partial charge in [0.2, 0.25) is 0 Å². The topological polar surface area (TPSA) is 46.6 Å². The molecule has 0 aliphatic carbocycles. The van der Waals surface area contributed by atoms with Crippen molar-refractivity contribution in [3.05, 3.63) is 90.5 Å². The van der Waals surface area contributed by atoms with Gasteiger partial charge in [-0.15, -0.1) is 0 Å². The maximum absolute atomic E-state index is 13.2. The Morgan fingerprint density at radius 1 is 0.829 bits per heavy atom. The number of Topliss-reactive ketones (excluding diaryl/α,β-unsaturated/α-hetero) is 1. The van der Waals surface area contributed by atoms with Crippen molar-refractivity contribution >= 4 is 22.6 Å². The van der Waals surface area contributed by atoms with Gasteiger partial charge in [0.1, 0.15) is 0 Å². The Bertz CT molecular complexity index is 1040. The van der Waals surface area contributed by atoms with Crippen molar-refractivity contribution in [1.29, 1.82) is 0 Å². The van der Waals surface area contributed by atoms with Gasteiger partial charge >= 0.3 is 5.97 Å². The number of benzene rings is 3. The molecule has 0 saturated carbocycles. The molecule has 0 bridgehead atoms. The van der Waals surface area contributed by atoms with Gasteiger partial charge in [-0.05, 0) is 94.4 Å². The summed E-state index contributed by atoms with van der Waals surface area (Å²) in [7, 11) is -0.205. The summed E-state index contributed by atoms with van der Waals surface area (Å²) in [4.78, 5) is 30.9. The molecule has 0 atom stereocenters. The van der Waals surface area contributed by atoms with Crippen molar-refractivity contribution in [2.45, 2.75) is 47.3 Å². The zero-order valence-electron chi connectivity index (χ0n) is 20.4. The molecule has 0 aromatic heterocycles. The zero-order chi connectivity index (χ0) is 24.5. The number of esters is 1. The lowest BCUT2D eigenvalue weighted by atomic mass is 9.89. The first kappa shape index (κ1) is 25.2.